The molecular weight excluding hydrogens is 323 g/mol. The first kappa shape index (κ1) is 13.3. The van der Waals surface area contributed by atoms with Gasteiger partial charge in [0.1, 0.15) is 5.82 Å². The fourth-order valence-corrected chi connectivity index (χ4v) is 2.44. The number of rotatable bonds is 3. The molecule has 1 aliphatic rings. The van der Waals surface area contributed by atoms with Crippen LogP contribution in [0.15, 0.2) is 16.7 Å². The third kappa shape index (κ3) is 2.49. The summed E-state index contributed by atoms with van der Waals surface area (Å²) in [5.74, 6) is -0.283. The van der Waals surface area contributed by atoms with Crippen molar-refractivity contribution in [2.45, 2.75) is 6.42 Å². The summed E-state index contributed by atoms with van der Waals surface area (Å²) in [7, 11) is 0. The predicted octanol–water partition coefficient (Wildman–Crippen LogP) is 2.13. The predicted molar refractivity (Wildman–Crippen MR) is 70.1 cm³/mol. The number of hydrogen-bond donors (Lipinski definition) is 1. The minimum Gasteiger partial charge on any atom is -0.478 e. The zero-order valence-electron chi connectivity index (χ0n) is 9.27. The summed E-state index contributed by atoms with van der Waals surface area (Å²) in [4.78, 5) is 28.3. The van der Waals surface area contributed by atoms with Crippen molar-refractivity contribution in [1.82, 2.24) is 4.98 Å². The summed E-state index contributed by atoms with van der Waals surface area (Å²) >= 11 is 8.84. The van der Waals surface area contributed by atoms with Crippen LogP contribution in [0.25, 0.3) is 0 Å². The number of carboxylic acids is 1. The second-order valence-electron chi connectivity index (χ2n) is 4.06. The molecule has 0 aromatic carbocycles. The molecule has 2 rings (SSSR count). The molecule has 1 aliphatic heterocycles. The summed E-state index contributed by atoms with van der Waals surface area (Å²) in [5.41, 5.74) is 0.0853. The Morgan fingerprint density at radius 1 is 1.67 bits per heavy atom. The SMILES string of the molecule is O=C(O)c1cc(N2CC(CCl)CC2=O)ncc1Br. The molecule has 2 heterocycles. The lowest BCUT2D eigenvalue weighted by Crippen LogP contribution is -2.26. The molecule has 0 bridgehead atoms. The number of aromatic nitrogens is 1. The average molecular weight is 334 g/mol. The van der Waals surface area contributed by atoms with Crippen LogP contribution in [0.5, 0.6) is 0 Å². The van der Waals surface area contributed by atoms with Gasteiger partial charge in [0.25, 0.3) is 0 Å². The Morgan fingerprint density at radius 2 is 2.39 bits per heavy atom. The van der Waals surface area contributed by atoms with Crippen LogP contribution in [0, 0.1) is 5.92 Å². The monoisotopic (exact) mass is 332 g/mol. The molecule has 1 aromatic heterocycles. The lowest BCUT2D eigenvalue weighted by molar-refractivity contribution is -0.117. The molecule has 1 N–H and O–H groups in total. The van der Waals surface area contributed by atoms with Crippen LogP contribution in [0.1, 0.15) is 16.8 Å². The van der Waals surface area contributed by atoms with Crippen molar-refractivity contribution in [1.29, 1.82) is 0 Å². The van der Waals surface area contributed by atoms with E-state index < -0.39 is 5.97 Å². The first-order valence-electron chi connectivity index (χ1n) is 5.28. The number of alkyl halides is 1. The van der Waals surface area contributed by atoms with Gasteiger partial charge in [-0.3, -0.25) is 9.69 Å². The topological polar surface area (TPSA) is 70.5 Å². The molecule has 1 aromatic rings. The third-order valence-corrected chi connectivity index (χ3v) is 3.84. The van der Waals surface area contributed by atoms with Crippen LogP contribution in [0.3, 0.4) is 0 Å². The first-order chi connectivity index (χ1) is 8.52. The fourth-order valence-electron chi connectivity index (χ4n) is 1.85. The van der Waals surface area contributed by atoms with Crippen molar-refractivity contribution < 1.29 is 14.7 Å². The van der Waals surface area contributed by atoms with Crippen molar-refractivity contribution in [3.63, 3.8) is 0 Å². The van der Waals surface area contributed by atoms with Gasteiger partial charge in [0.2, 0.25) is 5.91 Å². The molecule has 96 valence electrons. The molecule has 0 aliphatic carbocycles. The molecule has 7 heteroatoms. The van der Waals surface area contributed by atoms with Crippen molar-refractivity contribution in [3.8, 4) is 0 Å². The van der Waals surface area contributed by atoms with E-state index in [2.05, 4.69) is 20.9 Å². The molecule has 1 saturated heterocycles. The zero-order chi connectivity index (χ0) is 13.3. The summed E-state index contributed by atoms with van der Waals surface area (Å²) in [6.45, 7) is 0.482. The highest BCUT2D eigenvalue weighted by Crippen LogP contribution is 2.27. The molecule has 0 spiro atoms. The minimum atomic E-state index is -1.06. The van der Waals surface area contributed by atoms with Gasteiger partial charge in [-0.1, -0.05) is 0 Å². The van der Waals surface area contributed by atoms with Gasteiger partial charge in [0.15, 0.2) is 0 Å². The molecule has 1 amide bonds. The number of anilines is 1. The van der Waals surface area contributed by atoms with Gasteiger partial charge < -0.3 is 5.11 Å². The molecular formula is C11H10BrClN2O3. The largest absolute Gasteiger partial charge is 0.478 e. The van der Waals surface area contributed by atoms with Gasteiger partial charge in [-0.25, -0.2) is 9.78 Å². The summed E-state index contributed by atoms with van der Waals surface area (Å²) in [5, 5.41) is 9.01. The highest BCUT2D eigenvalue weighted by Gasteiger charge is 2.31. The van der Waals surface area contributed by atoms with Gasteiger partial charge >= 0.3 is 5.97 Å². The maximum absolute atomic E-state index is 11.8. The van der Waals surface area contributed by atoms with E-state index >= 15 is 0 Å². The Labute approximate surface area is 117 Å². The maximum Gasteiger partial charge on any atom is 0.337 e. The van der Waals surface area contributed by atoms with Crippen LogP contribution in [-0.4, -0.2) is 34.4 Å². The lowest BCUT2D eigenvalue weighted by Gasteiger charge is -2.15. The number of pyridine rings is 1. The number of nitrogens with zero attached hydrogens (tertiary/aromatic N) is 2. The van der Waals surface area contributed by atoms with E-state index in [1.165, 1.54) is 17.2 Å². The van der Waals surface area contributed by atoms with Crippen LogP contribution in [-0.2, 0) is 4.79 Å². The molecule has 0 saturated carbocycles. The average Bonchev–Trinajstić information content (AvgIpc) is 2.71. The van der Waals surface area contributed by atoms with Crippen LogP contribution in [0.2, 0.25) is 0 Å². The molecule has 18 heavy (non-hydrogen) atoms. The minimum absolute atomic E-state index is 0.0770. The van der Waals surface area contributed by atoms with E-state index in [4.69, 9.17) is 16.7 Å². The molecule has 1 fully saturated rings. The van der Waals surface area contributed by atoms with E-state index in [1.54, 1.807) is 0 Å². The number of amides is 1. The standard InChI is InChI=1S/C11H10BrClN2O3/c12-8-4-14-9(2-7(8)11(17)18)15-5-6(3-13)1-10(15)16/h2,4,6H,1,3,5H2,(H,17,18). The van der Waals surface area contributed by atoms with Crippen molar-refractivity contribution in [3.05, 3.63) is 22.3 Å². The number of carbonyl (C=O) groups excluding carboxylic acids is 1. The number of aromatic carboxylic acids is 1. The van der Waals surface area contributed by atoms with Gasteiger partial charge in [-0.2, -0.15) is 0 Å². The number of hydrogen-bond acceptors (Lipinski definition) is 3. The van der Waals surface area contributed by atoms with Crippen molar-refractivity contribution in [2.75, 3.05) is 17.3 Å². The molecule has 0 radical (unpaired) electrons. The highest BCUT2D eigenvalue weighted by atomic mass is 79.9. The summed E-state index contributed by atoms with van der Waals surface area (Å²) < 4.78 is 0.388. The first-order valence-corrected chi connectivity index (χ1v) is 6.61. The maximum atomic E-state index is 11.8. The zero-order valence-corrected chi connectivity index (χ0v) is 11.6. The van der Waals surface area contributed by atoms with E-state index in [0.717, 1.165) is 0 Å². The fraction of sp³-hybridized carbons (Fsp3) is 0.364. The number of halogens is 2. The summed E-state index contributed by atoms with van der Waals surface area (Å²) in [6, 6.07) is 1.39. The van der Waals surface area contributed by atoms with Gasteiger partial charge in [0, 0.05) is 25.0 Å². The number of carboxylic acid groups (broad SMARTS) is 1. The Kier molecular flexibility index (Phi) is 3.87. The Balaban J connectivity index is 2.32. The molecule has 1 atom stereocenters. The van der Waals surface area contributed by atoms with E-state index in [1.807, 2.05) is 0 Å². The van der Waals surface area contributed by atoms with Crippen LogP contribution >= 0.6 is 27.5 Å². The lowest BCUT2D eigenvalue weighted by atomic mass is 10.1. The third-order valence-electron chi connectivity index (χ3n) is 2.77. The molecule has 1 unspecified atom stereocenters. The van der Waals surface area contributed by atoms with Crippen LogP contribution < -0.4 is 4.90 Å². The Morgan fingerprint density at radius 3 is 2.94 bits per heavy atom. The molecule has 5 nitrogen and oxygen atoms in total. The number of carbonyl (C=O) groups is 2. The van der Waals surface area contributed by atoms with Gasteiger partial charge in [-0.15, -0.1) is 11.6 Å². The normalized spacial score (nSPS) is 19.3. The van der Waals surface area contributed by atoms with Crippen molar-refractivity contribution in [2.24, 2.45) is 5.92 Å². The van der Waals surface area contributed by atoms with E-state index in [0.29, 0.717) is 29.1 Å². The smallest absolute Gasteiger partial charge is 0.337 e. The quantitative estimate of drug-likeness (QED) is 0.860. The highest BCUT2D eigenvalue weighted by molar-refractivity contribution is 9.10. The van der Waals surface area contributed by atoms with Gasteiger partial charge in [-0.05, 0) is 27.9 Å². The Bertz CT molecular complexity index is 509. The van der Waals surface area contributed by atoms with Gasteiger partial charge in [0.05, 0.1) is 10.0 Å². The van der Waals surface area contributed by atoms with E-state index in [-0.39, 0.29) is 17.4 Å². The summed E-state index contributed by atoms with van der Waals surface area (Å²) in [6.07, 6.45) is 1.77. The Hall–Kier alpha value is -1.14. The second-order valence-corrected chi connectivity index (χ2v) is 5.22. The van der Waals surface area contributed by atoms with Crippen LogP contribution in [0.4, 0.5) is 5.82 Å². The van der Waals surface area contributed by atoms with E-state index in [9.17, 15) is 9.59 Å². The second kappa shape index (κ2) is 5.24. The van der Waals surface area contributed by atoms with Crippen molar-refractivity contribution >= 4 is 45.2 Å².